The van der Waals surface area contributed by atoms with Gasteiger partial charge < -0.3 is 20.7 Å². The molecule has 1 amide bonds. The maximum absolute atomic E-state index is 12.3. The van der Waals surface area contributed by atoms with E-state index >= 15 is 0 Å². The van der Waals surface area contributed by atoms with Gasteiger partial charge in [-0.3, -0.25) is 14.9 Å². The number of nitro benzene ring substituents is 1. The van der Waals surface area contributed by atoms with E-state index in [9.17, 15) is 14.9 Å². The van der Waals surface area contributed by atoms with Crippen LogP contribution in [0.25, 0.3) is 0 Å². The minimum absolute atomic E-state index is 0.0223. The van der Waals surface area contributed by atoms with E-state index in [1.165, 1.54) is 12.1 Å². The van der Waals surface area contributed by atoms with Gasteiger partial charge in [0.15, 0.2) is 5.16 Å². The fraction of sp³-hybridized carbons (Fsp3) is 0.412. The Labute approximate surface area is 172 Å². The predicted molar refractivity (Wildman–Crippen MR) is 112 cm³/mol. The summed E-state index contributed by atoms with van der Waals surface area (Å²) < 4.78 is 5.27. The molecule has 0 radical (unpaired) electrons. The molecule has 0 saturated carbocycles. The van der Waals surface area contributed by atoms with Gasteiger partial charge in [0.25, 0.3) is 5.69 Å². The summed E-state index contributed by atoms with van der Waals surface area (Å²) in [5, 5.41) is 20.2. The summed E-state index contributed by atoms with van der Waals surface area (Å²) in [5.41, 5.74) is -0.139. The molecule has 29 heavy (non-hydrogen) atoms. The second-order valence-electron chi connectivity index (χ2n) is 5.53. The van der Waals surface area contributed by atoms with Crippen LogP contribution in [-0.2, 0) is 4.79 Å². The van der Waals surface area contributed by atoms with Crippen LogP contribution in [0, 0.1) is 10.1 Å². The molecule has 0 aliphatic rings. The van der Waals surface area contributed by atoms with E-state index in [1.807, 2.05) is 13.8 Å². The highest BCUT2D eigenvalue weighted by Gasteiger charge is 2.18. The van der Waals surface area contributed by atoms with Crippen molar-refractivity contribution in [2.24, 2.45) is 0 Å². The van der Waals surface area contributed by atoms with Crippen LogP contribution in [0.3, 0.4) is 0 Å². The van der Waals surface area contributed by atoms with Gasteiger partial charge in [0.2, 0.25) is 17.8 Å². The number of nitro groups is 1. The average molecular weight is 421 g/mol. The summed E-state index contributed by atoms with van der Waals surface area (Å²) in [4.78, 5) is 35.7. The Morgan fingerprint density at radius 1 is 1.14 bits per heavy atom. The molecule has 0 aliphatic carbocycles. The molecule has 0 spiro atoms. The second kappa shape index (κ2) is 11.0. The third-order valence-corrected chi connectivity index (χ3v) is 4.22. The van der Waals surface area contributed by atoms with Crippen LogP contribution in [-0.4, -0.2) is 51.2 Å². The maximum Gasteiger partial charge on any atom is 0.296 e. The number of benzene rings is 1. The number of aromatic nitrogens is 3. The van der Waals surface area contributed by atoms with Crippen LogP contribution >= 0.6 is 11.8 Å². The first-order valence-corrected chi connectivity index (χ1v) is 10.0. The minimum atomic E-state index is -0.567. The van der Waals surface area contributed by atoms with Crippen molar-refractivity contribution >= 4 is 40.9 Å². The topological polar surface area (TPSA) is 144 Å². The summed E-state index contributed by atoms with van der Waals surface area (Å²) in [7, 11) is 0. The Morgan fingerprint density at radius 3 is 2.34 bits per heavy atom. The molecule has 0 fully saturated rings. The number of thioether (sulfide) groups is 1. The molecule has 12 heteroatoms. The van der Waals surface area contributed by atoms with Crippen molar-refractivity contribution < 1.29 is 14.5 Å². The highest BCUT2D eigenvalue weighted by Crippen LogP contribution is 2.29. The van der Waals surface area contributed by atoms with Crippen molar-refractivity contribution in [2.75, 3.05) is 41.4 Å². The number of ether oxygens (including phenoxy) is 1. The molecule has 1 aromatic carbocycles. The molecule has 0 unspecified atom stereocenters. The zero-order chi connectivity index (χ0) is 21.2. The Bertz CT molecular complexity index is 841. The first-order valence-electron chi connectivity index (χ1n) is 9.04. The highest BCUT2D eigenvalue weighted by atomic mass is 32.2. The molecular weight excluding hydrogens is 398 g/mol. The normalized spacial score (nSPS) is 10.3. The van der Waals surface area contributed by atoms with Crippen molar-refractivity contribution in [3.8, 4) is 5.75 Å². The zero-order valence-corrected chi connectivity index (χ0v) is 17.2. The molecule has 3 N–H and O–H groups in total. The lowest BCUT2D eigenvalue weighted by Gasteiger charge is -2.09. The van der Waals surface area contributed by atoms with Crippen molar-refractivity contribution in [3.05, 3.63) is 28.3 Å². The van der Waals surface area contributed by atoms with Gasteiger partial charge in [-0.1, -0.05) is 11.8 Å². The summed E-state index contributed by atoms with van der Waals surface area (Å²) in [6.45, 7) is 7.28. The smallest absolute Gasteiger partial charge is 0.296 e. The van der Waals surface area contributed by atoms with Gasteiger partial charge >= 0.3 is 0 Å². The highest BCUT2D eigenvalue weighted by molar-refractivity contribution is 7.99. The third kappa shape index (κ3) is 6.75. The largest absolute Gasteiger partial charge is 0.494 e. The number of carbonyl (C=O) groups excluding carboxylic acids is 1. The van der Waals surface area contributed by atoms with Crippen LogP contribution in [0.2, 0.25) is 0 Å². The van der Waals surface area contributed by atoms with E-state index in [0.29, 0.717) is 42.5 Å². The molecule has 11 nitrogen and oxygen atoms in total. The number of rotatable bonds is 11. The number of hydrogen-bond donors (Lipinski definition) is 3. The average Bonchev–Trinajstić information content (AvgIpc) is 2.68. The fourth-order valence-electron chi connectivity index (χ4n) is 2.24. The van der Waals surface area contributed by atoms with Gasteiger partial charge in [-0.25, -0.2) is 0 Å². The number of hydrogen-bond acceptors (Lipinski definition) is 10. The number of nitrogens with zero attached hydrogens (tertiary/aromatic N) is 4. The van der Waals surface area contributed by atoms with Crippen LogP contribution in [0.15, 0.2) is 23.4 Å². The molecule has 2 rings (SSSR count). The van der Waals surface area contributed by atoms with Gasteiger partial charge in [0.05, 0.1) is 23.3 Å². The summed E-state index contributed by atoms with van der Waals surface area (Å²) in [5.74, 6) is 0.735. The molecular formula is C17H23N7O4S. The number of nitrogens with one attached hydrogen (secondary N) is 3. The standard InChI is InChI=1S/C17H23N7O4S/c1-4-18-15-21-16(19-5-2)23-17(22-15)29-10-14(25)20-12-8-7-11(28-6-3)9-13(12)24(26)27/h7-9H,4-6,10H2,1-3H3,(H,20,25)(H2,18,19,21,22,23). The minimum Gasteiger partial charge on any atom is -0.494 e. The third-order valence-electron chi connectivity index (χ3n) is 3.37. The molecule has 1 heterocycles. The molecule has 1 aromatic heterocycles. The first-order chi connectivity index (χ1) is 14.0. The summed E-state index contributed by atoms with van der Waals surface area (Å²) in [6, 6.07) is 4.29. The van der Waals surface area contributed by atoms with Crippen molar-refractivity contribution in [2.45, 2.75) is 25.9 Å². The van der Waals surface area contributed by atoms with E-state index in [0.717, 1.165) is 11.8 Å². The lowest BCUT2D eigenvalue weighted by atomic mass is 10.2. The van der Waals surface area contributed by atoms with E-state index in [4.69, 9.17) is 4.74 Å². The van der Waals surface area contributed by atoms with Gasteiger partial charge in [0, 0.05) is 13.1 Å². The SMILES string of the molecule is CCNc1nc(NCC)nc(SCC(=O)Nc2ccc(OCC)cc2[N+](=O)[O-])n1. The van der Waals surface area contributed by atoms with Crippen molar-refractivity contribution in [3.63, 3.8) is 0 Å². The predicted octanol–water partition coefficient (Wildman–Crippen LogP) is 2.77. The number of carbonyl (C=O) groups is 1. The van der Waals surface area contributed by atoms with E-state index in [1.54, 1.807) is 13.0 Å². The van der Waals surface area contributed by atoms with E-state index in [-0.39, 0.29) is 17.1 Å². The molecule has 0 saturated heterocycles. The first kappa shape index (κ1) is 22.1. The maximum atomic E-state index is 12.3. The molecule has 2 aromatic rings. The van der Waals surface area contributed by atoms with Crippen molar-refractivity contribution in [1.29, 1.82) is 0 Å². The number of anilines is 3. The van der Waals surface area contributed by atoms with Crippen LogP contribution in [0.5, 0.6) is 5.75 Å². The quantitative estimate of drug-likeness (QED) is 0.281. The fourth-order valence-corrected chi connectivity index (χ4v) is 2.87. The second-order valence-corrected chi connectivity index (χ2v) is 6.47. The van der Waals surface area contributed by atoms with E-state index in [2.05, 4.69) is 30.9 Å². The Balaban J connectivity index is 2.07. The van der Waals surface area contributed by atoms with Crippen molar-refractivity contribution in [1.82, 2.24) is 15.0 Å². The van der Waals surface area contributed by atoms with Gasteiger partial charge in [-0.2, -0.15) is 15.0 Å². The Kier molecular flexibility index (Phi) is 8.40. The Morgan fingerprint density at radius 2 is 1.79 bits per heavy atom. The van der Waals surface area contributed by atoms with Gasteiger partial charge in [-0.05, 0) is 32.9 Å². The van der Waals surface area contributed by atoms with Crippen LogP contribution in [0.4, 0.5) is 23.3 Å². The lowest BCUT2D eigenvalue weighted by molar-refractivity contribution is -0.384. The lowest BCUT2D eigenvalue weighted by Crippen LogP contribution is -2.16. The molecule has 0 bridgehead atoms. The number of amides is 1. The Hall–Kier alpha value is -3.15. The molecule has 0 aliphatic heterocycles. The molecule has 0 atom stereocenters. The zero-order valence-electron chi connectivity index (χ0n) is 16.4. The van der Waals surface area contributed by atoms with E-state index < -0.39 is 10.8 Å². The summed E-state index contributed by atoms with van der Waals surface area (Å²) in [6.07, 6.45) is 0. The van der Waals surface area contributed by atoms with Gasteiger partial charge in [-0.15, -0.1) is 0 Å². The van der Waals surface area contributed by atoms with Gasteiger partial charge in [0.1, 0.15) is 11.4 Å². The van der Waals surface area contributed by atoms with Crippen LogP contribution in [0.1, 0.15) is 20.8 Å². The monoisotopic (exact) mass is 421 g/mol. The van der Waals surface area contributed by atoms with Crippen LogP contribution < -0.4 is 20.7 Å². The molecule has 156 valence electrons. The summed E-state index contributed by atoms with van der Waals surface area (Å²) >= 11 is 1.10.